The zero-order chi connectivity index (χ0) is 13.7. The second-order valence-electron chi connectivity index (χ2n) is 4.33. The van der Waals surface area contributed by atoms with Crippen molar-refractivity contribution in [1.82, 2.24) is 5.32 Å². The van der Waals surface area contributed by atoms with Crippen LogP contribution in [0.4, 0.5) is 0 Å². The molecule has 1 amide bonds. The highest BCUT2D eigenvalue weighted by Gasteiger charge is 2.14. The second-order valence-corrected chi connectivity index (χ2v) is 4.33. The fourth-order valence-corrected chi connectivity index (χ4v) is 1.92. The molecular formula is C15H18N2O2. The molecule has 4 nitrogen and oxygen atoms in total. The summed E-state index contributed by atoms with van der Waals surface area (Å²) in [5, 5.41) is 5.26. The molecule has 0 aliphatic heterocycles. The number of amides is 1. The van der Waals surface area contributed by atoms with Crippen molar-refractivity contribution < 1.29 is 9.53 Å². The number of nitrogens with two attached hydrogens (primary N) is 1. The standard InChI is InChI=1S/C15H18N2O2/c1-2-17-14(15(16)18)10-19-13-8-7-11-5-3-4-6-12(11)9-13/h3-9,14,17H,2,10H2,1H3,(H2,16,18). The van der Waals surface area contributed by atoms with Crippen LogP contribution >= 0.6 is 0 Å². The number of primary amides is 1. The molecule has 0 saturated carbocycles. The first-order valence-electron chi connectivity index (χ1n) is 6.35. The third kappa shape index (κ3) is 3.45. The van der Waals surface area contributed by atoms with Gasteiger partial charge in [0.15, 0.2) is 0 Å². The molecule has 19 heavy (non-hydrogen) atoms. The van der Waals surface area contributed by atoms with E-state index in [1.54, 1.807) is 0 Å². The first kappa shape index (κ1) is 13.4. The smallest absolute Gasteiger partial charge is 0.238 e. The number of benzene rings is 2. The lowest BCUT2D eigenvalue weighted by Crippen LogP contribution is -2.45. The van der Waals surface area contributed by atoms with Gasteiger partial charge in [-0.15, -0.1) is 0 Å². The van der Waals surface area contributed by atoms with Crippen LogP contribution < -0.4 is 15.8 Å². The summed E-state index contributed by atoms with van der Waals surface area (Å²) in [6.07, 6.45) is 0. The summed E-state index contributed by atoms with van der Waals surface area (Å²) in [6, 6.07) is 13.4. The first-order valence-corrected chi connectivity index (χ1v) is 6.35. The van der Waals surface area contributed by atoms with Crippen molar-refractivity contribution in [2.75, 3.05) is 13.2 Å². The van der Waals surface area contributed by atoms with Gasteiger partial charge < -0.3 is 15.8 Å². The van der Waals surface area contributed by atoms with E-state index in [0.717, 1.165) is 16.5 Å². The van der Waals surface area contributed by atoms with Gasteiger partial charge >= 0.3 is 0 Å². The molecule has 0 aliphatic rings. The maximum Gasteiger partial charge on any atom is 0.238 e. The maximum atomic E-state index is 11.2. The molecule has 0 bridgehead atoms. The monoisotopic (exact) mass is 258 g/mol. The predicted molar refractivity (Wildman–Crippen MR) is 76.1 cm³/mol. The molecule has 2 aromatic carbocycles. The van der Waals surface area contributed by atoms with E-state index in [2.05, 4.69) is 5.32 Å². The molecule has 0 radical (unpaired) electrons. The van der Waals surface area contributed by atoms with Gasteiger partial charge in [-0.2, -0.15) is 0 Å². The van der Waals surface area contributed by atoms with Crippen molar-refractivity contribution in [2.24, 2.45) is 5.73 Å². The molecule has 0 spiro atoms. The van der Waals surface area contributed by atoms with Crippen LogP contribution in [-0.2, 0) is 4.79 Å². The summed E-state index contributed by atoms with van der Waals surface area (Å²) in [4.78, 5) is 11.2. The molecule has 1 atom stereocenters. The number of carbonyl (C=O) groups is 1. The average Bonchev–Trinajstić information content (AvgIpc) is 2.43. The van der Waals surface area contributed by atoms with Gasteiger partial charge in [0.2, 0.25) is 5.91 Å². The fraction of sp³-hybridized carbons (Fsp3) is 0.267. The molecule has 100 valence electrons. The maximum absolute atomic E-state index is 11.2. The van der Waals surface area contributed by atoms with Crippen LogP contribution in [-0.4, -0.2) is 25.1 Å². The second kappa shape index (κ2) is 6.20. The van der Waals surface area contributed by atoms with Crippen LogP contribution in [0, 0.1) is 0 Å². The molecule has 4 heteroatoms. The number of hydrogen-bond donors (Lipinski definition) is 2. The van der Waals surface area contributed by atoms with Gasteiger partial charge in [-0.3, -0.25) is 4.79 Å². The Morgan fingerprint density at radius 1 is 1.26 bits per heavy atom. The van der Waals surface area contributed by atoms with E-state index >= 15 is 0 Å². The molecular weight excluding hydrogens is 240 g/mol. The van der Waals surface area contributed by atoms with Gasteiger partial charge in [-0.05, 0) is 29.4 Å². The number of rotatable bonds is 6. The van der Waals surface area contributed by atoms with E-state index in [-0.39, 0.29) is 6.61 Å². The van der Waals surface area contributed by atoms with E-state index in [9.17, 15) is 4.79 Å². The van der Waals surface area contributed by atoms with Crippen molar-refractivity contribution in [2.45, 2.75) is 13.0 Å². The lowest BCUT2D eigenvalue weighted by Gasteiger charge is -2.15. The summed E-state index contributed by atoms with van der Waals surface area (Å²) in [6.45, 7) is 2.84. The van der Waals surface area contributed by atoms with Crippen LogP contribution in [0.2, 0.25) is 0 Å². The van der Waals surface area contributed by atoms with Crippen molar-refractivity contribution in [1.29, 1.82) is 0 Å². The Balaban J connectivity index is 2.06. The molecule has 0 aromatic heterocycles. The molecule has 0 aliphatic carbocycles. The Morgan fingerprint density at radius 3 is 2.68 bits per heavy atom. The third-order valence-electron chi connectivity index (χ3n) is 2.93. The third-order valence-corrected chi connectivity index (χ3v) is 2.93. The van der Waals surface area contributed by atoms with Crippen molar-refractivity contribution >= 4 is 16.7 Å². The summed E-state index contributed by atoms with van der Waals surface area (Å²) in [5.74, 6) is 0.338. The molecule has 2 rings (SSSR count). The van der Waals surface area contributed by atoms with Gasteiger partial charge in [0.05, 0.1) is 0 Å². The van der Waals surface area contributed by atoms with Crippen molar-refractivity contribution in [3.05, 3.63) is 42.5 Å². The Bertz CT molecular complexity index is 569. The van der Waals surface area contributed by atoms with Gasteiger partial charge in [-0.25, -0.2) is 0 Å². The van der Waals surface area contributed by atoms with Gasteiger partial charge in [-0.1, -0.05) is 37.3 Å². The van der Waals surface area contributed by atoms with Crippen LogP contribution in [0.15, 0.2) is 42.5 Å². The highest BCUT2D eigenvalue weighted by molar-refractivity contribution is 5.83. The average molecular weight is 258 g/mol. The minimum atomic E-state index is -0.462. The molecule has 0 saturated heterocycles. The highest BCUT2D eigenvalue weighted by Crippen LogP contribution is 2.20. The van der Waals surface area contributed by atoms with Crippen LogP contribution in [0.5, 0.6) is 5.75 Å². The molecule has 1 unspecified atom stereocenters. The van der Waals surface area contributed by atoms with Crippen LogP contribution in [0.25, 0.3) is 10.8 Å². The van der Waals surface area contributed by atoms with Crippen molar-refractivity contribution in [3.63, 3.8) is 0 Å². The van der Waals surface area contributed by atoms with E-state index in [0.29, 0.717) is 6.54 Å². The lowest BCUT2D eigenvalue weighted by atomic mass is 10.1. The van der Waals surface area contributed by atoms with Gasteiger partial charge in [0.1, 0.15) is 18.4 Å². The lowest BCUT2D eigenvalue weighted by molar-refractivity contribution is -0.120. The number of nitrogens with one attached hydrogen (secondary N) is 1. The zero-order valence-electron chi connectivity index (χ0n) is 10.9. The number of fused-ring (bicyclic) bond motifs is 1. The Morgan fingerprint density at radius 2 is 2.00 bits per heavy atom. The summed E-state index contributed by atoms with van der Waals surface area (Å²) in [5.41, 5.74) is 5.30. The minimum absolute atomic E-state index is 0.238. The largest absolute Gasteiger partial charge is 0.491 e. The SMILES string of the molecule is CCNC(COc1ccc2ccccc2c1)C(N)=O. The van der Waals surface area contributed by atoms with Gasteiger partial charge in [0.25, 0.3) is 0 Å². The molecule has 3 N–H and O–H groups in total. The first-order chi connectivity index (χ1) is 9.20. The predicted octanol–water partition coefficient (Wildman–Crippen LogP) is 1.68. The normalized spacial score (nSPS) is 12.3. The molecule has 0 fully saturated rings. The Labute approximate surface area is 112 Å². The van der Waals surface area contributed by atoms with Crippen molar-refractivity contribution in [3.8, 4) is 5.75 Å². The summed E-state index contributed by atoms with van der Waals surface area (Å²) >= 11 is 0. The van der Waals surface area contributed by atoms with Gasteiger partial charge in [0, 0.05) is 0 Å². The van der Waals surface area contributed by atoms with Crippen LogP contribution in [0.3, 0.4) is 0 Å². The van der Waals surface area contributed by atoms with E-state index in [4.69, 9.17) is 10.5 Å². The highest BCUT2D eigenvalue weighted by atomic mass is 16.5. The van der Waals surface area contributed by atoms with Crippen LogP contribution in [0.1, 0.15) is 6.92 Å². The minimum Gasteiger partial charge on any atom is -0.491 e. The van der Waals surface area contributed by atoms with E-state index < -0.39 is 11.9 Å². The topological polar surface area (TPSA) is 64.3 Å². The quantitative estimate of drug-likeness (QED) is 0.828. The fourth-order valence-electron chi connectivity index (χ4n) is 1.92. The zero-order valence-corrected chi connectivity index (χ0v) is 10.9. The summed E-state index contributed by atoms with van der Waals surface area (Å²) < 4.78 is 5.63. The summed E-state index contributed by atoms with van der Waals surface area (Å²) in [7, 11) is 0. The molecule has 0 heterocycles. The number of carbonyl (C=O) groups excluding carboxylic acids is 1. The number of likely N-dealkylation sites (N-methyl/N-ethyl adjacent to an activating group) is 1. The number of ether oxygens (including phenoxy) is 1. The van der Waals surface area contributed by atoms with E-state index in [1.165, 1.54) is 0 Å². The van der Waals surface area contributed by atoms with E-state index in [1.807, 2.05) is 49.4 Å². The Kier molecular flexibility index (Phi) is 4.36. The number of hydrogen-bond acceptors (Lipinski definition) is 3. The Hall–Kier alpha value is -2.07. The molecule has 2 aromatic rings.